The minimum atomic E-state index is -0.780. The summed E-state index contributed by atoms with van der Waals surface area (Å²) in [4.78, 5) is 55.3. The van der Waals surface area contributed by atoms with Gasteiger partial charge in [0.15, 0.2) is 0 Å². The van der Waals surface area contributed by atoms with Crippen molar-refractivity contribution in [2.75, 3.05) is 19.6 Å². The lowest BCUT2D eigenvalue weighted by atomic mass is 10.1. The van der Waals surface area contributed by atoms with Crippen molar-refractivity contribution in [2.45, 2.75) is 214 Å². The molecule has 0 spiro atoms. The van der Waals surface area contributed by atoms with E-state index in [0.29, 0.717) is 25.9 Å². The van der Waals surface area contributed by atoms with Crippen LogP contribution in [-0.2, 0) is 14.3 Å². The summed E-state index contributed by atoms with van der Waals surface area (Å²) in [6, 6.07) is -1.13. The zero-order valence-corrected chi connectivity index (χ0v) is 35.2. The lowest BCUT2D eigenvalue weighted by Gasteiger charge is -2.22. The number of nitrogens with one attached hydrogen (secondary N) is 5. The number of aliphatic imine (C=N–C) groups is 1. The number of unbranched alkanes of at least 4 members (excludes halogenated alkanes) is 18. The molecule has 0 aliphatic rings. The molecule has 1 atom stereocenters. The Morgan fingerprint density at radius 1 is 0.528 bits per heavy atom. The van der Waals surface area contributed by atoms with Crippen LogP contribution >= 0.6 is 0 Å². The molecule has 12 heteroatoms. The number of ether oxygens (including phenoxy) is 2. The first-order chi connectivity index (χ1) is 25.2. The SMILES string of the molecule is CCCCCCCCCCCCNC(=O)N[C@@H](CCCN=C(NC(=O)OC(C)(C)C)NC(=O)OC(C)(C)C)C(=O)NCCCCCCCCCCCC. The summed E-state index contributed by atoms with van der Waals surface area (Å²) in [5.41, 5.74) is -1.51. The maximum absolute atomic E-state index is 13.2. The van der Waals surface area contributed by atoms with Crippen LogP contribution in [0, 0.1) is 0 Å². The molecule has 5 N–H and O–H groups in total. The highest BCUT2D eigenvalue weighted by atomic mass is 16.6. The number of nitrogens with zero attached hydrogens (tertiary/aromatic N) is 1. The number of carbonyl (C=O) groups excluding carboxylic acids is 4. The molecule has 0 rings (SSSR count). The quantitative estimate of drug-likeness (QED) is 0.0304. The molecule has 0 aromatic heterocycles. The van der Waals surface area contributed by atoms with Crippen molar-refractivity contribution < 1.29 is 28.7 Å². The minimum absolute atomic E-state index is 0.127. The summed E-state index contributed by atoms with van der Waals surface area (Å²) < 4.78 is 10.6. The standard InChI is InChI=1S/C41H80N6O6/c1-9-11-13-15-17-19-21-23-25-27-31-42-35(48)34(45-37(49)44-32-28-26-24-22-20-18-16-14-12-10-2)30-29-33-43-36(46-38(50)52-40(3,4)5)47-39(51)53-41(6,7)8/h34H,9-33H2,1-8H3,(H,42,48)(H2,44,45,49)(H2,43,46,47,50,51)/t34-/m0/s1. The summed E-state index contributed by atoms with van der Waals surface area (Å²) in [7, 11) is 0. The molecule has 0 aliphatic carbocycles. The van der Waals surface area contributed by atoms with E-state index >= 15 is 0 Å². The van der Waals surface area contributed by atoms with E-state index < -0.39 is 29.4 Å². The first-order valence-corrected chi connectivity index (χ1v) is 21.0. The Morgan fingerprint density at radius 2 is 0.906 bits per heavy atom. The highest BCUT2D eigenvalue weighted by Gasteiger charge is 2.22. The van der Waals surface area contributed by atoms with E-state index in [9.17, 15) is 19.2 Å². The van der Waals surface area contributed by atoms with Crippen molar-refractivity contribution in [3.63, 3.8) is 0 Å². The summed E-state index contributed by atoms with van der Waals surface area (Å²) in [6.07, 6.45) is 23.4. The zero-order chi connectivity index (χ0) is 39.8. The van der Waals surface area contributed by atoms with Crippen molar-refractivity contribution in [1.82, 2.24) is 26.6 Å². The maximum Gasteiger partial charge on any atom is 0.414 e. The molecule has 0 aromatic carbocycles. The molecule has 5 amide bonds. The number of hydrogen-bond acceptors (Lipinski definition) is 7. The van der Waals surface area contributed by atoms with Crippen LogP contribution in [0.4, 0.5) is 14.4 Å². The third-order valence-corrected chi connectivity index (χ3v) is 8.43. The van der Waals surface area contributed by atoms with Gasteiger partial charge in [-0.1, -0.05) is 129 Å². The van der Waals surface area contributed by atoms with E-state index in [1.54, 1.807) is 41.5 Å². The van der Waals surface area contributed by atoms with E-state index in [-0.39, 0.29) is 24.4 Å². The van der Waals surface area contributed by atoms with Crippen molar-refractivity contribution in [2.24, 2.45) is 4.99 Å². The Kier molecular flexibility index (Phi) is 29.5. The van der Waals surface area contributed by atoms with Gasteiger partial charge in [-0.3, -0.25) is 20.4 Å². The Bertz CT molecular complexity index is 976. The Morgan fingerprint density at radius 3 is 1.30 bits per heavy atom. The second-order valence-electron chi connectivity index (χ2n) is 16.2. The van der Waals surface area contributed by atoms with Crippen LogP contribution < -0.4 is 26.6 Å². The second-order valence-corrected chi connectivity index (χ2v) is 16.2. The van der Waals surface area contributed by atoms with Crippen LogP contribution in [0.1, 0.15) is 197 Å². The molecule has 0 aromatic rings. The predicted octanol–water partition coefficient (Wildman–Crippen LogP) is 9.80. The molecule has 0 bridgehead atoms. The lowest BCUT2D eigenvalue weighted by molar-refractivity contribution is -0.123. The van der Waals surface area contributed by atoms with Crippen LogP contribution in [0.15, 0.2) is 4.99 Å². The lowest BCUT2D eigenvalue weighted by Crippen LogP contribution is -2.50. The average Bonchev–Trinajstić information content (AvgIpc) is 3.05. The molecular formula is C41H80N6O6. The third-order valence-electron chi connectivity index (χ3n) is 8.43. The zero-order valence-electron chi connectivity index (χ0n) is 35.2. The van der Waals surface area contributed by atoms with Gasteiger partial charge >= 0.3 is 18.2 Å². The molecule has 0 aliphatic heterocycles. The van der Waals surface area contributed by atoms with Crippen molar-refractivity contribution >= 4 is 30.1 Å². The van der Waals surface area contributed by atoms with Crippen molar-refractivity contribution in [1.29, 1.82) is 0 Å². The van der Waals surface area contributed by atoms with Gasteiger partial charge in [0.2, 0.25) is 11.9 Å². The van der Waals surface area contributed by atoms with Crippen molar-refractivity contribution in [3.05, 3.63) is 0 Å². The molecule has 0 heterocycles. The molecule has 0 radical (unpaired) electrons. The van der Waals surface area contributed by atoms with Gasteiger partial charge in [0.1, 0.15) is 17.2 Å². The number of hydrogen-bond donors (Lipinski definition) is 5. The Balaban J connectivity index is 5.08. The van der Waals surface area contributed by atoms with Crippen LogP contribution in [-0.4, -0.2) is 67.0 Å². The molecule has 0 saturated carbocycles. The third kappa shape index (κ3) is 34.5. The highest BCUT2D eigenvalue weighted by Crippen LogP contribution is 2.12. The fourth-order valence-electron chi connectivity index (χ4n) is 5.64. The minimum Gasteiger partial charge on any atom is -0.444 e. The molecule has 310 valence electrons. The molecule has 0 unspecified atom stereocenters. The summed E-state index contributed by atoms with van der Waals surface area (Å²) >= 11 is 0. The van der Waals surface area contributed by atoms with Gasteiger partial charge in [0, 0.05) is 19.6 Å². The van der Waals surface area contributed by atoms with Gasteiger partial charge in [-0.05, 0) is 67.2 Å². The smallest absolute Gasteiger partial charge is 0.414 e. The van der Waals surface area contributed by atoms with E-state index in [1.807, 2.05) is 0 Å². The molecule has 53 heavy (non-hydrogen) atoms. The molecule has 0 fully saturated rings. The normalized spacial score (nSPS) is 12.0. The number of urea groups is 1. The molecule has 12 nitrogen and oxygen atoms in total. The predicted molar refractivity (Wildman–Crippen MR) is 217 cm³/mol. The summed E-state index contributed by atoms with van der Waals surface area (Å²) in [6.45, 7) is 16.1. The summed E-state index contributed by atoms with van der Waals surface area (Å²) in [5, 5.41) is 13.7. The van der Waals surface area contributed by atoms with Gasteiger partial charge in [-0.2, -0.15) is 0 Å². The summed E-state index contributed by atoms with van der Waals surface area (Å²) in [5.74, 6) is -0.365. The van der Waals surface area contributed by atoms with Gasteiger partial charge < -0.3 is 25.4 Å². The topological polar surface area (TPSA) is 159 Å². The Labute approximate surface area is 323 Å². The van der Waals surface area contributed by atoms with Crippen LogP contribution in [0.5, 0.6) is 0 Å². The monoisotopic (exact) mass is 753 g/mol. The fourth-order valence-corrected chi connectivity index (χ4v) is 5.64. The highest BCUT2D eigenvalue weighted by molar-refractivity contribution is 6.01. The molecular weight excluding hydrogens is 672 g/mol. The van der Waals surface area contributed by atoms with E-state index in [0.717, 1.165) is 38.5 Å². The van der Waals surface area contributed by atoms with Crippen LogP contribution in [0.25, 0.3) is 0 Å². The molecule has 0 saturated heterocycles. The number of rotatable bonds is 28. The van der Waals surface area contributed by atoms with Gasteiger partial charge in [-0.25, -0.2) is 14.4 Å². The Hall–Kier alpha value is -3.05. The van der Waals surface area contributed by atoms with E-state index in [1.165, 1.54) is 89.9 Å². The number of carbonyl (C=O) groups is 4. The maximum atomic E-state index is 13.2. The van der Waals surface area contributed by atoms with Gasteiger partial charge in [-0.15, -0.1) is 0 Å². The average molecular weight is 753 g/mol. The fraction of sp³-hybridized carbons (Fsp3) is 0.878. The number of alkyl carbamates (subject to hydrolysis) is 2. The first kappa shape index (κ1) is 49.9. The van der Waals surface area contributed by atoms with Gasteiger partial charge in [0.05, 0.1) is 0 Å². The first-order valence-electron chi connectivity index (χ1n) is 21.0. The van der Waals surface area contributed by atoms with Gasteiger partial charge in [0.25, 0.3) is 0 Å². The number of amides is 5. The number of guanidine groups is 1. The van der Waals surface area contributed by atoms with E-state index in [4.69, 9.17) is 9.47 Å². The van der Waals surface area contributed by atoms with Crippen LogP contribution in [0.3, 0.4) is 0 Å². The van der Waals surface area contributed by atoms with E-state index in [2.05, 4.69) is 45.4 Å². The largest absolute Gasteiger partial charge is 0.444 e. The second kappa shape index (κ2) is 31.3. The van der Waals surface area contributed by atoms with Crippen molar-refractivity contribution in [3.8, 4) is 0 Å². The van der Waals surface area contributed by atoms with Crippen LogP contribution in [0.2, 0.25) is 0 Å².